The molecular weight excluding hydrogens is 208 g/mol. The van der Waals surface area contributed by atoms with E-state index >= 15 is 0 Å². The summed E-state index contributed by atoms with van der Waals surface area (Å²) in [6.45, 7) is 2.21. The minimum absolute atomic E-state index is 1.08. The molecule has 0 saturated carbocycles. The molecule has 86 valence electrons. The second-order valence-electron chi connectivity index (χ2n) is 4.47. The number of aryl methyl sites for hydroxylation is 1. The molecule has 3 aromatic rings. The monoisotopic (exact) mass is 224 g/mol. The number of nitrogens with zero attached hydrogens (tertiary/aromatic N) is 2. The van der Waals surface area contributed by atoms with Gasteiger partial charge in [-0.3, -0.25) is 0 Å². The summed E-state index contributed by atoms with van der Waals surface area (Å²) >= 11 is 0. The van der Waals surface area contributed by atoms with E-state index in [9.17, 15) is 0 Å². The number of pyridine rings is 1. The third kappa shape index (κ3) is 1.80. The predicted octanol–water partition coefficient (Wildman–Crippen LogP) is 3.83. The molecule has 2 nitrogen and oxygen atoms in total. The van der Waals surface area contributed by atoms with E-state index in [1.165, 1.54) is 35.0 Å². The van der Waals surface area contributed by atoms with Gasteiger partial charge in [-0.2, -0.15) is 5.10 Å². The van der Waals surface area contributed by atoms with Crippen molar-refractivity contribution in [1.82, 2.24) is 9.61 Å². The number of hydrogen-bond donors (Lipinski definition) is 0. The number of benzene rings is 1. The van der Waals surface area contributed by atoms with Gasteiger partial charge in [-0.1, -0.05) is 37.6 Å². The Morgan fingerprint density at radius 1 is 1.12 bits per heavy atom. The number of hydrogen-bond acceptors (Lipinski definition) is 1. The van der Waals surface area contributed by atoms with E-state index in [1.807, 2.05) is 0 Å². The van der Waals surface area contributed by atoms with Crippen molar-refractivity contribution in [3.05, 3.63) is 48.2 Å². The van der Waals surface area contributed by atoms with Crippen LogP contribution in [0.5, 0.6) is 0 Å². The Bertz CT molecular complexity index is 652. The van der Waals surface area contributed by atoms with Crippen molar-refractivity contribution < 1.29 is 0 Å². The van der Waals surface area contributed by atoms with Crippen molar-refractivity contribution in [1.29, 1.82) is 0 Å². The van der Waals surface area contributed by atoms with Crippen LogP contribution in [0.15, 0.2) is 42.5 Å². The van der Waals surface area contributed by atoms with Crippen LogP contribution in [0.3, 0.4) is 0 Å². The SMILES string of the molecule is CCCCc1cc2ccc3ccccc3n2n1. The van der Waals surface area contributed by atoms with Crippen molar-refractivity contribution in [2.24, 2.45) is 0 Å². The summed E-state index contributed by atoms with van der Waals surface area (Å²) in [7, 11) is 0. The lowest BCUT2D eigenvalue weighted by molar-refractivity contribution is 0.766. The van der Waals surface area contributed by atoms with Crippen molar-refractivity contribution >= 4 is 16.4 Å². The van der Waals surface area contributed by atoms with Gasteiger partial charge in [0.15, 0.2) is 0 Å². The van der Waals surface area contributed by atoms with Crippen LogP contribution in [0.1, 0.15) is 25.5 Å². The van der Waals surface area contributed by atoms with Gasteiger partial charge in [0.05, 0.1) is 16.7 Å². The molecule has 0 fully saturated rings. The van der Waals surface area contributed by atoms with Gasteiger partial charge in [0.25, 0.3) is 0 Å². The lowest BCUT2D eigenvalue weighted by Gasteiger charge is -2.00. The fraction of sp³-hybridized carbons (Fsp3) is 0.267. The Hall–Kier alpha value is -1.83. The average molecular weight is 224 g/mol. The highest BCUT2D eigenvalue weighted by molar-refractivity contribution is 5.82. The molecule has 0 aliphatic rings. The van der Waals surface area contributed by atoms with E-state index in [1.54, 1.807) is 0 Å². The minimum Gasteiger partial charge on any atom is -0.233 e. The molecule has 2 heterocycles. The van der Waals surface area contributed by atoms with Crippen LogP contribution in [0.4, 0.5) is 0 Å². The smallest absolute Gasteiger partial charge is 0.0725 e. The number of unbranched alkanes of at least 4 members (excludes halogenated alkanes) is 1. The minimum atomic E-state index is 1.08. The average Bonchev–Trinajstić information content (AvgIpc) is 2.79. The summed E-state index contributed by atoms with van der Waals surface area (Å²) in [5, 5.41) is 5.94. The van der Waals surface area contributed by atoms with Gasteiger partial charge < -0.3 is 0 Å². The lowest BCUT2D eigenvalue weighted by atomic mass is 10.2. The van der Waals surface area contributed by atoms with Gasteiger partial charge in [0, 0.05) is 5.39 Å². The van der Waals surface area contributed by atoms with E-state index in [-0.39, 0.29) is 0 Å². The van der Waals surface area contributed by atoms with E-state index in [4.69, 9.17) is 5.10 Å². The van der Waals surface area contributed by atoms with E-state index in [0.29, 0.717) is 0 Å². The molecule has 2 heteroatoms. The van der Waals surface area contributed by atoms with Crippen LogP contribution in [0.2, 0.25) is 0 Å². The molecule has 2 aromatic heterocycles. The van der Waals surface area contributed by atoms with E-state index in [2.05, 4.69) is 53.9 Å². The highest BCUT2D eigenvalue weighted by Gasteiger charge is 2.04. The molecule has 0 saturated heterocycles. The Morgan fingerprint density at radius 2 is 2.00 bits per heavy atom. The Morgan fingerprint density at radius 3 is 2.88 bits per heavy atom. The second-order valence-corrected chi connectivity index (χ2v) is 4.47. The third-order valence-electron chi connectivity index (χ3n) is 3.17. The van der Waals surface area contributed by atoms with Gasteiger partial charge in [0.2, 0.25) is 0 Å². The van der Waals surface area contributed by atoms with Gasteiger partial charge in [-0.05, 0) is 31.0 Å². The highest BCUT2D eigenvalue weighted by Crippen LogP contribution is 2.18. The molecule has 0 radical (unpaired) electrons. The van der Waals surface area contributed by atoms with Crippen molar-refractivity contribution in [3.8, 4) is 0 Å². The molecule has 0 bridgehead atoms. The first-order valence-corrected chi connectivity index (χ1v) is 6.25. The number of aromatic nitrogens is 2. The summed E-state index contributed by atoms with van der Waals surface area (Å²) in [6.07, 6.45) is 3.50. The predicted molar refractivity (Wildman–Crippen MR) is 71.3 cm³/mol. The summed E-state index contributed by atoms with van der Waals surface area (Å²) in [4.78, 5) is 0. The molecule has 3 rings (SSSR count). The quantitative estimate of drug-likeness (QED) is 0.661. The third-order valence-corrected chi connectivity index (χ3v) is 3.17. The maximum Gasteiger partial charge on any atom is 0.0725 e. The molecular formula is C15H16N2. The topological polar surface area (TPSA) is 17.3 Å². The zero-order chi connectivity index (χ0) is 11.7. The molecule has 0 aliphatic carbocycles. The van der Waals surface area contributed by atoms with Gasteiger partial charge in [0.1, 0.15) is 0 Å². The summed E-state index contributed by atoms with van der Waals surface area (Å²) in [5.41, 5.74) is 3.57. The molecule has 1 aromatic carbocycles. The lowest BCUT2D eigenvalue weighted by Crippen LogP contribution is -1.91. The van der Waals surface area contributed by atoms with Gasteiger partial charge in [-0.25, -0.2) is 4.52 Å². The highest BCUT2D eigenvalue weighted by atomic mass is 15.2. The zero-order valence-electron chi connectivity index (χ0n) is 10.1. The fourth-order valence-electron chi connectivity index (χ4n) is 2.24. The Balaban J connectivity index is 2.17. The number of rotatable bonds is 3. The molecule has 0 amide bonds. The van der Waals surface area contributed by atoms with Crippen LogP contribution in [0.25, 0.3) is 16.4 Å². The van der Waals surface area contributed by atoms with Crippen LogP contribution in [0, 0.1) is 0 Å². The summed E-state index contributed by atoms with van der Waals surface area (Å²) in [6, 6.07) is 14.9. The van der Waals surface area contributed by atoms with Crippen LogP contribution in [-0.4, -0.2) is 9.61 Å². The Labute approximate surface area is 101 Å². The molecule has 0 N–H and O–H groups in total. The zero-order valence-corrected chi connectivity index (χ0v) is 10.1. The molecule has 17 heavy (non-hydrogen) atoms. The maximum atomic E-state index is 4.70. The number of fused-ring (bicyclic) bond motifs is 3. The standard InChI is InChI=1S/C15H16N2/c1-2-3-7-13-11-14-10-9-12-6-4-5-8-15(12)17(14)16-13/h4-6,8-11H,2-3,7H2,1H3. The summed E-state index contributed by atoms with van der Waals surface area (Å²) < 4.78 is 2.06. The Kier molecular flexibility index (Phi) is 2.56. The fourth-order valence-corrected chi connectivity index (χ4v) is 2.24. The molecule has 0 aliphatic heterocycles. The molecule has 0 unspecified atom stereocenters. The van der Waals surface area contributed by atoms with Crippen molar-refractivity contribution in [2.45, 2.75) is 26.2 Å². The molecule has 0 spiro atoms. The first-order valence-electron chi connectivity index (χ1n) is 6.25. The largest absolute Gasteiger partial charge is 0.233 e. The van der Waals surface area contributed by atoms with Crippen LogP contribution >= 0.6 is 0 Å². The number of para-hydroxylation sites is 1. The molecule has 0 atom stereocenters. The van der Waals surface area contributed by atoms with Crippen LogP contribution in [-0.2, 0) is 6.42 Å². The van der Waals surface area contributed by atoms with E-state index < -0.39 is 0 Å². The maximum absolute atomic E-state index is 4.70. The van der Waals surface area contributed by atoms with Crippen molar-refractivity contribution in [3.63, 3.8) is 0 Å². The van der Waals surface area contributed by atoms with Gasteiger partial charge >= 0.3 is 0 Å². The first-order chi connectivity index (χ1) is 8.38. The second kappa shape index (κ2) is 4.21. The van der Waals surface area contributed by atoms with Crippen LogP contribution < -0.4 is 0 Å². The van der Waals surface area contributed by atoms with Crippen molar-refractivity contribution in [2.75, 3.05) is 0 Å². The van der Waals surface area contributed by atoms with E-state index in [0.717, 1.165) is 6.42 Å². The van der Waals surface area contributed by atoms with Gasteiger partial charge in [-0.15, -0.1) is 0 Å². The summed E-state index contributed by atoms with van der Waals surface area (Å²) in [5.74, 6) is 0. The normalized spacial score (nSPS) is 11.4. The first kappa shape index (κ1) is 10.3.